The standard InChI is InChI=1S/C20H26N2O4S/c1-15(2)12-13-21-20(23)16-8-10-18(11-9-16)27(24,25)22-14-17-6-4-5-7-19(17)26-3/h4-11,15,22H,12-14H2,1-3H3,(H,21,23). The van der Waals surface area contributed by atoms with Crippen molar-refractivity contribution in [1.29, 1.82) is 0 Å². The van der Waals surface area contributed by atoms with Crippen LogP contribution in [0.3, 0.4) is 0 Å². The Kier molecular flexibility index (Phi) is 7.38. The molecule has 0 bridgehead atoms. The van der Waals surface area contributed by atoms with E-state index in [2.05, 4.69) is 23.9 Å². The van der Waals surface area contributed by atoms with Gasteiger partial charge in [-0.1, -0.05) is 32.0 Å². The molecule has 0 saturated heterocycles. The number of hydrogen-bond acceptors (Lipinski definition) is 4. The number of carbonyl (C=O) groups is 1. The van der Waals surface area contributed by atoms with Crippen molar-refractivity contribution < 1.29 is 17.9 Å². The summed E-state index contributed by atoms with van der Waals surface area (Å²) in [6.07, 6.45) is 0.894. The number of hydrogen-bond donors (Lipinski definition) is 2. The molecule has 0 radical (unpaired) electrons. The Balaban J connectivity index is 2.01. The van der Waals surface area contributed by atoms with Crippen LogP contribution < -0.4 is 14.8 Å². The highest BCUT2D eigenvalue weighted by molar-refractivity contribution is 7.89. The fraction of sp³-hybridized carbons (Fsp3) is 0.350. The third-order valence-corrected chi connectivity index (χ3v) is 5.50. The molecule has 0 aliphatic carbocycles. The molecule has 2 aromatic carbocycles. The number of carbonyl (C=O) groups excluding carboxylic acids is 1. The van der Waals surface area contributed by atoms with Gasteiger partial charge in [0.25, 0.3) is 5.91 Å². The normalized spacial score (nSPS) is 11.4. The minimum absolute atomic E-state index is 0.108. The quantitative estimate of drug-likeness (QED) is 0.689. The van der Waals surface area contributed by atoms with Crippen LogP contribution in [0, 0.1) is 5.92 Å². The molecule has 0 spiro atoms. The first-order valence-corrected chi connectivity index (χ1v) is 10.3. The zero-order chi connectivity index (χ0) is 19.9. The fourth-order valence-electron chi connectivity index (χ4n) is 2.47. The molecule has 0 heterocycles. The van der Waals surface area contributed by atoms with Crippen LogP contribution in [0.15, 0.2) is 53.4 Å². The molecule has 0 fully saturated rings. The van der Waals surface area contributed by atoms with Gasteiger partial charge in [0.05, 0.1) is 12.0 Å². The van der Waals surface area contributed by atoms with Crippen LogP contribution in [0.1, 0.15) is 36.2 Å². The van der Waals surface area contributed by atoms with E-state index in [1.165, 1.54) is 31.4 Å². The zero-order valence-electron chi connectivity index (χ0n) is 15.9. The summed E-state index contributed by atoms with van der Waals surface area (Å²) in [4.78, 5) is 12.2. The van der Waals surface area contributed by atoms with Crippen molar-refractivity contribution in [1.82, 2.24) is 10.0 Å². The second kappa shape index (κ2) is 9.53. The molecule has 0 aliphatic rings. The molecular weight excluding hydrogens is 364 g/mol. The van der Waals surface area contributed by atoms with E-state index in [0.717, 1.165) is 12.0 Å². The first-order valence-electron chi connectivity index (χ1n) is 8.83. The van der Waals surface area contributed by atoms with Gasteiger partial charge in [0.15, 0.2) is 0 Å². The van der Waals surface area contributed by atoms with Gasteiger partial charge < -0.3 is 10.1 Å². The first kappa shape index (κ1) is 20.9. The molecule has 27 heavy (non-hydrogen) atoms. The lowest BCUT2D eigenvalue weighted by atomic mass is 10.1. The molecular formula is C20H26N2O4S. The summed E-state index contributed by atoms with van der Waals surface area (Å²) in [7, 11) is -2.15. The number of amides is 1. The van der Waals surface area contributed by atoms with Gasteiger partial charge in [0.2, 0.25) is 10.0 Å². The minimum Gasteiger partial charge on any atom is -0.496 e. The molecule has 6 nitrogen and oxygen atoms in total. The van der Waals surface area contributed by atoms with Crippen molar-refractivity contribution >= 4 is 15.9 Å². The van der Waals surface area contributed by atoms with Crippen LogP contribution in [-0.4, -0.2) is 28.0 Å². The third kappa shape index (κ3) is 6.08. The van der Waals surface area contributed by atoms with Gasteiger partial charge in [0, 0.05) is 24.2 Å². The molecule has 0 aromatic heterocycles. The summed E-state index contributed by atoms with van der Waals surface area (Å²) < 4.78 is 32.7. The van der Waals surface area contributed by atoms with Crippen LogP contribution in [0.25, 0.3) is 0 Å². The Morgan fingerprint density at radius 2 is 1.74 bits per heavy atom. The Labute approximate surface area is 161 Å². The van der Waals surface area contributed by atoms with Crippen LogP contribution in [-0.2, 0) is 16.6 Å². The SMILES string of the molecule is COc1ccccc1CNS(=O)(=O)c1ccc(C(=O)NCCC(C)C)cc1. The van der Waals surface area contributed by atoms with Gasteiger partial charge in [0.1, 0.15) is 5.75 Å². The van der Waals surface area contributed by atoms with Crippen molar-refractivity contribution in [3.05, 3.63) is 59.7 Å². The number of benzene rings is 2. The summed E-state index contributed by atoms with van der Waals surface area (Å²) >= 11 is 0. The van der Waals surface area contributed by atoms with E-state index in [1.807, 2.05) is 12.1 Å². The Morgan fingerprint density at radius 3 is 2.37 bits per heavy atom. The van der Waals surface area contributed by atoms with E-state index in [-0.39, 0.29) is 17.3 Å². The number of sulfonamides is 1. The highest BCUT2D eigenvalue weighted by Gasteiger charge is 2.16. The maximum Gasteiger partial charge on any atom is 0.251 e. The van der Waals surface area contributed by atoms with Crippen molar-refractivity contribution in [2.75, 3.05) is 13.7 Å². The van der Waals surface area contributed by atoms with E-state index in [9.17, 15) is 13.2 Å². The van der Waals surface area contributed by atoms with Crippen LogP contribution in [0.5, 0.6) is 5.75 Å². The Morgan fingerprint density at radius 1 is 1.07 bits per heavy atom. The van der Waals surface area contributed by atoms with Crippen LogP contribution in [0.2, 0.25) is 0 Å². The molecule has 0 unspecified atom stereocenters. The smallest absolute Gasteiger partial charge is 0.251 e. The van der Waals surface area contributed by atoms with Gasteiger partial charge in [-0.3, -0.25) is 4.79 Å². The number of ether oxygens (including phenoxy) is 1. The summed E-state index contributed by atoms with van der Waals surface area (Å²) in [5.41, 5.74) is 1.17. The summed E-state index contributed by atoms with van der Waals surface area (Å²) in [5, 5.41) is 2.83. The van der Waals surface area contributed by atoms with E-state index in [4.69, 9.17) is 4.74 Å². The molecule has 7 heteroatoms. The molecule has 146 valence electrons. The monoisotopic (exact) mass is 390 g/mol. The lowest BCUT2D eigenvalue weighted by Gasteiger charge is -2.11. The Hall–Kier alpha value is -2.38. The van der Waals surface area contributed by atoms with Gasteiger partial charge in [-0.05, 0) is 42.7 Å². The van der Waals surface area contributed by atoms with E-state index >= 15 is 0 Å². The summed E-state index contributed by atoms with van der Waals surface area (Å²) in [6.45, 7) is 4.88. The van der Waals surface area contributed by atoms with Crippen LogP contribution in [0.4, 0.5) is 0 Å². The summed E-state index contributed by atoms with van der Waals surface area (Å²) in [6, 6.07) is 13.1. The maximum atomic E-state index is 12.5. The number of methoxy groups -OCH3 is 1. The molecule has 2 N–H and O–H groups in total. The van der Waals surface area contributed by atoms with Crippen molar-refractivity contribution in [2.45, 2.75) is 31.7 Å². The van der Waals surface area contributed by atoms with E-state index in [1.54, 1.807) is 12.1 Å². The molecule has 0 atom stereocenters. The van der Waals surface area contributed by atoms with Crippen molar-refractivity contribution in [3.63, 3.8) is 0 Å². The fourth-order valence-corrected chi connectivity index (χ4v) is 3.47. The highest BCUT2D eigenvalue weighted by Crippen LogP contribution is 2.18. The average Bonchev–Trinajstić information content (AvgIpc) is 2.66. The number of nitrogens with one attached hydrogen (secondary N) is 2. The van der Waals surface area contributed by atoms with Gasteiger partial charge in [-0.25, -0.2) is 13.1 Å². The zero-order valence-corrected chi connectivity index (χ0v) is 16.7. The predicted octanol–water partition coefficient (Wildman–Crippen LogP) is 2.95. The Bertz CT molecular complexity index is 862. The average molecular weight is 391 g/mol. The van der Waals surface area contributed by atoms with E-state index < -0.39 is 10.0 Å². The highest BCUT2D eigenvalue weighted by atomic mass is 32.2. The molecule has 2 rings (SSSR count). The topological polar surface area (TPSA) is 84.5 Å². The third-order valence-electron chi connectivity index (χ3n) is 4.08. The van der Waals surface area contributed by atoms with E-state index in [0.29, 0.717) is 23.8 Å². The van der Waals surface area contributed by atoms with Gasteiger partial charge >= 0.3 is 0 Å². The number of rotatable bonds is 9. The largest absolute Gasteiger partial charge is 0.496 e. The number of para-hydroxylation sites is 1. The second-order valence-corrected chi connectivity index (χ2v) is 8.37. The van der Waals surface area contributed by atoms with Gasteiger partial charge in [-0.2, -0.15) is 0 Å². The van der Waals surface area contributed by atoms with Crippen molar-refractivity contribution in [3.8, 4) is 5.75 Å². The first-order chi connectivity index (χ1) is 12.8. The summed E-state index contributed by atoms with van der Waals surface area (Å²) in [5.74, 6) is 0.919. The minimum atomic E-state index is -3.69. The van der Waals surface area contributed by atoms with Crippen molar-refractivity contribution in [2.24, 2.45) is 5.92 Å². The van der Waals surface area contributed by atoms with Gasteiger partial charge in [-0.15, -0.1) is 0 Å². The molecule has 2 aromatic rings. The predicted molar refractivity (Wildman–Crippen MR) is 105 cm³/mol. The van der Waals surface area contributed by atoms with Crippen LogP contribution >= 0.6 is 0 Å². The molecule has 1 amide bonds. The molecule has 0 saturated carbocycles. The second-order valence-electron chi connectivity index (χ2n) is 6.60. The molecule has 0 aliphatic heterocycles. The maximum absolute atomic E-state index is 12.5. The lowest BCUT2D eigenvalue weighted by molar-refractivity contribution is 0.0952. The lowest BCUT2D eigenvalue weighted by Crippen LogP contribution is -2.26.